The molecule has 6 heteroatoms. The minimum absolute atomic E-state index is 0.00739. The molecule has 0 aromatic carbocycles. The average molecular weight is 194 g/mol. The lowest BCUT2D eigenvalue weighted by Crippen LogP contribution is -1.82. The van der Waals surface area contributed by atoms with Crippen LogP contribution in [-0.2, 0) is 4.79 Å². The summed E-state index contributed by atoms with van der Waals surface area (Å²) in [5.74, 6) is 0. The van der Waals surface area contributed by atoms with Crippen LogP contribution >= 0.6 is 11.8 Å². The molecule has 2 aromatic heterocycles. The number of rotatable bonds is 1. The van der Waals surface area contributed by atoms with Crippen LogP contribution in [0.15, 0.2) is 17.7 Å². The SMILES string of the molecule is CC(=O)Sc1nc2ncncc2[nH]1. The van der Waals surface area contributed by atoms with Crippen molar-refractivity contribution >= 4 is 28.0 Å². The van der Waals surface area contributed by atoms with Crippen molar-refractivity contribution in [3.8, 4) is 0 Å². The Morgan fingerprint density at radius 1 is 1.62 bits per heavy atom. The Labute approximate surface area is 78.0 Å². The molecule has 0 aliphatic heterocycles. The zero-order valence-corrected chi connectivity index (χ0v) is 7.63. The van der Waals surface area contributed by atoms with Gasteiger partial charge in [0.25, 0.3) is 0 Å². The van der Waals surface area contributed by atoms with Crippen molar-refractivity contribution in [3.63, 3.8) is 0 Å². The summed E-state index contributed by atoms with van der Waals surface area (Å²) in [6.45, 7) is 1.49. The first-order valence-electron chi connectivity index (χ1n) is 3.60. The molecule has 0 bridgehead atoms. The van der Waals surface area contributed by atoms with Gasteiger partial charge in [-0.15, -0.1) is 0 Å². The van der Waals surface area contributed by atoms with Gasteiger partial charge in [-0.3, -0.25) is 4.79 Å². The number of nitrogens with zero attached hydrogens (tertiary/aromatic N) is 3. The summed E-state index contributed by atoms with van der Waals surface area (Å²) in [4.78, 5) is 25.5. The highest BCUT2D eigenvalue weighted by Gasteiger charge is 2.05. The number of carbonyl (C=O) groups is 1. The molecule has 0 atom stereocenters. The smallest absolute Gasteiger partial charge is 0.193 e. The molecule has 2 rings (SSSR count). The number of nitrogens with one attached hydrogen (secondary N) is 1. The zero-order chi connectivity index (χ0) is 9.26. The molecule has 0 aliphatic rings. The molecule has 0 aliphatic carbocycles. The van der Waals surface area contributed by atoms with Crippen molar-refractivity contribution in [1.82, 2.24) is 19.9 Å². The quantitative estimate of drug-likeness (QED) is 0.685. The number of thioether (sulfide) groups is 1. The molecule has 0 amide bonds. The number of fused-ring (bicyclic) bond motifs is 1. The van der Waals surface area contributed by atoms with Gasteiger partial charge in [0.15, 0.2) is 15.9 Å². The molecule has 0 fully saturated rings. The van der Waals surface area contributed by atoms with Crippen molar-refractivity contribution < 1.29 is 4.79 Å². The van der Waals surface area contributed by atoms with Crippen molar-refractivity contribution in [2.24, 2.45) is 0 Å². The normalized spacial score (nSPS) is 10.5. The summed E-state index contributed by atoms with van der Waals surface area (Å²) < 4.78 is 0. The third kappa shape index (κ3) is 1.67. The van der Waals surface area contributed by atoms with E-state index >= 15 is 0 Å². The van der Waals surface area contributed by atoms with Crippen LogP contribution in [0, 0.1) is 0 Å². The largest absolute Gasteiger partial charge is 0.330 e. The van der Waals surface area contributed by atoms with Gasteiger partial charge >= 0.3 is 0 Å². The van der Waals surface area contributed by atoms with E-state index in [4.69, 9.17) is 0 Å². The number of H-pyrrole nitrogens is 1. The number of aromatic nitrogens is 4. The average Bonchev–Trinajstić information content (AvgIpc) is 2.44. The zero-order valence-electron chi connectivity index (χ0n) is 6.81. The summed E-state index contributed by atoms with van der Waals surface area (Å²) in [5, 5.41) is 0.551. The van der Waals surface area contributed by atoms with Crippen LogP contribution in [0.1, 0.15) is 6.92 Å². The van der Waals surface area contributed by atoms with Gasteiger partial charge in [-0.05, 0) is 11.8 Å². The van der Waals surface area contributed by atoms with Gasteiger partial charge in [0.05, 0.1) is 6.20 Å². The van der Waals surface area contributed by atoms with E-state index in [0.717, 1.165) is 17.3 Å². The molecule has 0 saturated carbocycles. The predicted molar refractivity (Wildman–Crippen MR) is 48.2 cm³/mol. The third-order valence-corrected chi connectivity index (χ3v) is 2.05. The number of hydrogen-bond acceptors (Lipinski definition) is 5. The number of hydrogen-bond donors (Lipinski definition) is 1. The Balaban J connectivity index is 2.44. The summed E-state index contributed by atoms with van der Waals surface area (Å²) >= 11 is 1.05. The molecule has 1 N–H and O–H groups in total. The molecule has 0 radical (unpaired) electrons. The monoisotopic (exact) mass is 194 g/mol. The number of carbonyl (C=O) groups excluding carboxylic acids is 1. The van der Waals surface area contributed by atoms with E-state index in [2.05, 4.69) is 19.9 Å². The predicted octanol–water partition coefficient (Wildman–Crippen LogP) is 0.991. The molecule has 0 unspecified atom stereocenters. The molecular weight excluding hydrogens is 188 g/mol. The number of imidazole rings is 1. The van der Waals surface area contributed by atoms with Gasteiger partial charge < -0.3 is 4.98 Å². The van der Waals surface area contributed by atoms with Crippen molar-refractivity contribution in [2.45, 2.75) is 12.1 Å². The molecule has 13 heavy (non-hydrogen) atoms. The van der Waals surface area contributed by atoms with Crippen molar-refractivity contribution in [2.75, 3.05) is 0 Å². The maximum Gasteiger partial charge on any atom is 0.193 e. The molecular formula is C7H6N4OS. The van der Waals surface area contributed by atoms with E-state index in [1.807, 2.05) is 0 Å². The van der Waals surface area contributed by atoms with Crippen molar-refractivity contribution in [1.29, 1.82) is 0 Å². The number of aromatic amines is 1. The van der Waals surface area contributed by atoms with Crippen LogP contribution in [0.2, 0.25) is 0 Å². The molecule has 66 valence electrons. The van der Waals surface area contributed by atoms with Crippen LogP contribution < -0.4 is 0 Å². The van der Waals surface area contributed by atoms with E-state index in [0.29, 0.717) is 10.8 Å². The summed E-state index contributed by atoms with van der Waals surface area (Å²) in [6, 6.07) is 0. The first-order chi connectivity index (χ1) is 6.25. The lowest BCUT2D eigenvalue weighted by Gasteiger charge is -1.85. The van der Waals surface area contributed by atoms with E-state index < -0.39 is 0 Å². The Morgan fingerprint density at radius 2 is 2.46 bits per heavy atom. The minimum Gasteiger partial charge on any atom is -0.330 e. The van der Waals surface area contributed by atoms with Crippen LogP contribution in [0.4, 0.5) is 0 Å². The Kier molecular flexibility index (Phi) is 1.97. The second-order valence-corrected chi connectivity index (χ2v) is 3.56. The highest BCUT2D eigenvalue weighted by molar-refractivity contribution is 8.13. The van der Waals surface area contributed by atoms with E-state index in [9.17, 15) is 4.79 Å². The topological polar surface area (TPSA) is 71.5 Å². The van der Waals surface area contributed by atoms with Gasteiger partial charge in [0.1, 0.15) is 11.8 Å². The first-order valence-corrected chi connectivity index (χ1v) is 4.41. The van der Waals surface area contributed by atoms with Gasteiger partial charge in [-0.1, -0.05) is 0 Å². The second kappa shape index (κ2) is 3.14. The van der Waals surface area contributed by atoms with Crippen LogP contribution in [-0.4, -0.2) is 25.1 Å². The lowest BCUT2D eigenvalue weighted by molar-refractivity contribution is -0.109. The maximum atomic E-state index is 10.8. The van der Waals surface area contributed by atoms with Crippen LogP contribution in [0.3, 0.4) is 0 Å². The van der Waals surface area contributed by atoms with Gasteiger partial charge in [0, 0.05) is 6.92 Å². The van der Waals surface area contributed by atoms with Gasteiger partial charge in [0.2, 0.25) is 0 Å². The summed E-state index contributed by atoms with van der Waals surface area (Å²) in [7, 11) is 0. The minimum atomic E-state index is -0.00739. The van der Waals surface area contributed by atoms with E-state index in [1.165, 1.54) is 13.3 Å². The highest BCUT2D eigenvalue weighted by atomic mass is 32.2. The standard InChI is InChI=1S/C7H6N4OS/c1-4(12)13-7-10-5-2-8-3-9-6(5)11-7/h2-3H,1H3,(H,8,9,10,11). The fraction of sp³-hybridized carbons (Fsp3) is 0.143. The van der Waals surface area contributed by atoms with Gasteiger partial charge in [-0.25, -0.2) is 15.0 Å². The summed E-state index contributed by atoms with van der Waals surface area (Å²) in [6.07, 6.45) is 3.05. The van der Waals surface area contributed by atoms with Crippen LogP contribution in [0.5, 0.6) is 0 Å². The first kappa shape index (κ1) is 8.18. The second-order valence-electron chi connectivity index (χ2n) is 2.40. The Bertz CT molecular complexity index is 419. The third-order valence-electron chi connectivity index (χ3n) is 1.38. The van der Waals surface area contributed by atoms with Crippen LogP contribution in [0.25, 0.3) is 11.2 Å². The Morgan fingerprint density at radius 3 is 3.15 bits per heavy atom. The van der Waals surface area contributed by atoms with E-state index in [1.54, 1.807) is 6.20 Å². The summed E-state index contributed by atoms with van der Waals surface area (Å²) in [5.41, 5.74) is 1.32. The molecule has 5 nitrogen and oxygen atoms in total. The lowest BCUT2D eigenvalue weighted by atomic mass is 10.6. The molecule has 0 saturated heterocycles. The fourth-order valence-corrected chi connectivity index (χ4v) is 1.49. The fourth-order valence-electron chi connectivity index (χ4n) is 0.924. The molecule has 0 spiro atoms. The van der Waals surface area contributed by atoms with Gasteiger partial charge in [-0.2, -0.15) is 0 Å². The van der Waals surface area contributed by atoms with E-state index in [-0.39, 0.29) is 5.12 Å². The van der Waals surface area contributed by atoms with Crippen molar-refractivity contribution in [3.05, 3.63) is 12.5 Å². The molecule has 2 heterocycles. The molecule has 2 aromatic rings. The Hall–Kier alpha value is -1.43. The maximum absolute atomic E-state index is 10.8. The highest BCUT2D eigenvalue weighted by Crippen LogP contribution is 2.17.